The van der Waals surface area contributed by atoms with Crippen LogP contribution in [0, 0.1) is 0 Å². The highest BCUT2D eigenvalue weighted by molar-refractivity contribution is 5.81. The van der Waals surface area contributed by atoms with Crippen molar-refractivity contribution in [3.8, 4) is 11.1 Å². The number of benzene rings is 2. The molecule has 3 N–H and O–H groups in total. The number of fused-ring (bicyclic) bond motifs is 3. The molecule has 1 amide bonds. The van der Waals surface area contributed by atoms with Crippen molar-refractivity contribution in [2.75, 3.05) is 13.2 Å². The Morgan fingerprint density at radius 2 is 1.60 bits per heavy atom. The Kier molecular flexibility index (Phi) is 5.00. The highest BCUT2D eigenvalue weighted by Gasteiger charge is 2.29. The second-order valence-corrected chi connectivity index (χ2v) is 5.87. The van der Waals surface area contributed by atoms with Gasteiger partial charge >= 0.3 is 12.1 Å². The van der Waals surface area contributed by atoms with Crippen LogP contribution in [0.25, 0.3) is 11.1 Å². The topological polar surface area (TPSA) is 95.9 Å². The van der Waals surface area contributed by atoms with E-state index in [0.717, 1.165) is 22.3 Å². The molecule has 6 nitrogen and oxygen atoms in total. The van der Waals surface area contributed by atoms with Crippen molar-refractivity contribution in [2.45, 2.75) is 18.4 Å². The molecule has 0 saturated carbocycles. The minimum atomic E-state index is -1.21. The molecule has 1 atom stereocenters. The lowest BCUT2D eigenvalue weighted by atomic mass is 9.98. The number of hydrogen-bond acceptors (Lipinski definition) is 4. The lowest BCUT2D eigenvalue weighted by Crippen LogP contribution is -2.42. The van der Waals surface area contributed by atoms with Gasteiger partial charge in [-0.05, 0) is 22.3 Å². The molecule has 0 unspecified atom stereocenters. The van der Waals surface area contributed by atoms with Crippen LogP contribution in [0.2, 0.25) is 0 Å². The maximum absolute atomic E-state index is 11.9. The number of aliphatic hydroxyl groups excluding tert-OH is 1. The van der Waals surface area contributed by atoms with Crippen LogP contribution in [-0.4, -0.2) is 41.5 Å². The maximum atomic E-state index is 11.9. The largest absolute Gasteiger partial charge is 0.480 e. The fourth-order valence-electron chi connectivity index (χ4n) is 3.17. The molecule has 0 spiro atoms. The standard InChI is InChI=1S/C19H19NO5/c21-10-9-17(18(22)23)20-19(24)25-11-16-14-7-3-1-5-12(14)13-6-2-4-8-15(13)16/h1-8,16-17,21H,9-11H2,(H,20,24)(H,22,23)/t17-/m1/s1. The summed E-state index contributed by atoms with van der Waals surface area (Å²) in [5, 5.41) is 20.1. The van der Waals surface area contributed by atoms with Crippen molar-refractivity contribution in [1.29, 1.82) is 0 Å². The molecule has 1 aliphatic rings. The first-order valence-corrected chi connectivity index (χ1v) is 8.07. The van der Waals surface area contributed by atoms with E-state index in [1.54, 1.807) is 0 Å². The highest BCUT2D eigenvalue weighted by Crippen LogP contribution is 2.44. The lowest BCUT2D eigenvalue weighted by Gasteiger charge is -2.17. The predicted octanol–water partition coefficient (Wildman–Crippen LogP) is 2.36. The number of ether oxygens (including phenoxy) is 1. The molecule has 0 radical (unpaired) electrons. The Morgan fingerprint density at radius 1 is 1.04 bits per heavy atom. The van der Waals surface area contributed by atoms with Gasteiger partial charge in [-0.3, -0.25) is 0 Å². The van der Waals surface area contributed by atoms with E-state index in [4.69, 9.17) is 14.9 Å². The van der Waals surface area contributed by atoms with Crippen LogP contribution in [0.3, 0.4) is 0 Å². The third kappa shape index (κ3) is 3.49. The zero-order valence-electron chi connectivity index (χ0n) is 13.5. The summed E-state index contributed by atoms with van der Waals surface area (Å²) in [5.74, 6) is -1.29. The summed E-state index contributed by atoms with van der Waals surface area (Å²) in [7, 11) is 0. The van der Waals surface area contributed by atoms with Gasteiger partial charge in [0.05, 0.1) is 0 Å². The smallest absolute Gasteiger partial charge is 0.407 e. The summed E-state index contributed by atoms with van der Waals surface area (Å²) >= 11 is 0. The summed E-state index contributed by atoms with van der Waals surface area (Å²) in [4.78, 5) is 23.0. The molecule has 0 aromatic heterocycles. The van der Waals surface area contributed by atoms with Gasteiger partial charge in [0, 0.05) is 18.9 Å². The SMILES string of the molecule is O=C(N[C@H](CCO)C(=O)O)OCC1c2ccccc2-c2ccccc21. The first kappa shape index (κ1) is 17.0. The van der Waals surface area contributed by atoms with E-state index in [9.17, 15) is 9.59 Å². The molecule has 1 aliphatic carbocycles. The van der Waals surface area contributed by atoms with Crippen LogP contribution < -0.4 is 5.32 Å². The molecule has 130 valence electrons. The second kappa shape index (κ2) is 7.36. The molecular weight excluding hydrogens is 322 g/mol. The molecule has 0 aliphatic heterocycles. The minimum absolute atomic E-state index is 0.0699. The van der Waals surface area contributed by atoms with Crippen molar-refractivity contribution < 1.29 is 24.5 Å². The molecule has 0 fully saturated rings. The Morgan fingerprint density at radius 3 is 2.12 bits per heavy atom. The van der Waals surface area contributed by atoms with Crippen molar-refractivity contribution in [3.05, 3.63) is 59.7 Å². The van der Waals surface area contributed by atoms with Gasteiger partial charge in [-0.1, -0.05) is 48.5 Å². The fraction of sp³-hybridized carbons (Fsp3) is 0.263. The molecule has 2 aromatic carbocycles. The number of aliphatic hydroxyl groups is 1. The molecule has 3 rings (SSSR count). The van der Waals surface area contributed by atoms with Crippen molar-refractivity contribution in [3.63, 3.8) is 0 Å². The molecule has 0 heterocycles. The summed E-state index contributed by atoms with van der Waals surface area (Å²) in [5.41, 5.74) is 4.41. The third-order valence-corrected chi connectivity index (χ3v) is 4.35. The molecule has 0 bridgehead atoms. The predicted molar refractivity (Wildman–Crippen MR) is 91.3 cm³/mol. The number of hydrogen-bond donors (Lipinski definition) is 3. The van der Waals surface area contributed by atoms with Gasteiger partial charge < -0.3 is 20.3 Å². The average molecular weight is 341 g/mol. The second-order valence-electron chi connectivity index (χ2n) is 5.87. The van der Waals surface area contributed by atoms with Crippen molar-refractivity contribution in [1.82, 2.24) is 5.32 Å². The number of amides is 1. The molecule has 25 heavy (non-hydrogen) atoms. The van der Waals surface area contributed by atoms with E-state index >= 15 is 0 Å². The van der Waals surface area contributed by atoms with Gasteiger partial charge in [-0.15, -0.1) is 0 Å². The molecular formula is C19H19NO5. The van der Waals surface area contributed by atoms with Gasteiger partial charge in [0.15, 0.2) is 0 Å². The van der Waals surface area contributed by atoms with Gasteiger partial charge in [-0.25, -0.2) is 9.59 Å². The van der Waals surface area contributed by atoms with E-state index < -0.39 is 18.1 Å². The van der Waals surface area contributed by atoms with Crippen LogP contribution in [0.4, 0.5) is 4.79 Å². The van der Waals surface area contributed by atoms with E-state index in [2.05, 4.69) is 5.32 Å². The monoisotopic (exact) mass is 341 g/mol. The van der Waals surface area contributed by atoms with Crippen LogP contribution in [0.5, 0.6) is 0 Å². The molecule has 0 saturated heterocycles. The number of carboxylic acids is 1. The first-order chi connectivity index (χ1) is 12.1. The number of alkyl carbamates (subject to hydrolysis) is 1. The van der Waals surface area contributed by atoms with Gasteiger partial charge in [0.2, 0.25) is 0 Å². The number of nitrogens with one attached hydrogen (secondary N) is 1. The summed E-state index contributed by atoms with van der Waals surface area (Å²) in [6.45, 7) is -0.216. The number of aliphatic carboxylic acids is 1. The summed E-state index contributed by atoms with van der Waals surface area (Å²) in [6.07, 6.45) is -0.873. The van der Waals surface area contributed by atoms with Crippen molar-refractivity contribution in [2.24, 2.45) is 0 Å². The van der Waals surface area contributed by atoms with E-state index in [1.165, 1.54) is 0 Å². The van der Waals surface area contributed by atoms with Crippen molar-refractivity contribution >= 4 is 12.1 Å². The quantitative estimate of drug-likeness (QED) is 0.750. The third-order valence-electron chi connectivity index (χ3n) is 4.35. The van der Waals surface area contributed by atoms with Crippen LogP contribution in [0.15, 0.2) is 48.5 Å². The molecule has 6 heteroatoms. The van der Waals surface area contributed by atoms with Crippen LogP contribution in [0.1, 0.15) is 23.5 Å². The highest BCUT2D eigenvalue weighted by atomic mass is 16.5. The van der Waals surface area contributed by atoms with Gasteiger partial charge in [0.25, 0.3) is 0 Å². The summed E-state index contributed by atoms with van der Waals surface area (Å²) < 4.78 is 5.27. The van der Waals surface area contributed by atoms with Crippen LogP contribution >= 0.6 is 0 Å². The van der Waals surface area contributed by atoms with E-state index in [0.29, 0.717) is 0 Å². The zero-order valence-corrected chi connectivity index (χ0v) is 13.5. The zero-order chi connectivity index (χ0) is 17.8. The maximum Gasteiger partial charge on any atom is 0.407 e. The van der Waals surface area contributed by atoms with Crippen LogP contribution in [-0.2, 0) is 9.53 Å². The van der Waals surface area contributed by atoms with Gasteiger partial charge in [0.1, 0.15) is 12.6 Å². The number of carbonyl (C=O) groups excluding carboxylic acids is 1. The Hall–Kier alpha value is -2.86. The van der Waals surface area contributed by atoms with E-state index in [1.807, 2.05) is 48.5 Å². The molecule has 2 aromatic rings. The normalized spacial score (nSPS) is 13.6. The average Bonchev–Trinajstić information content (AvgIpc) is 2.93. The lowest BCUT2D eigenvalue weighted by molar-refractivity contribution is -0.139. The Balaban J connectivity index is 1.71. The summed E-state index contributed by atoms with van der Waals surface area (Å²) in [6, 6.07) is 14.8. The van der Waals surface area contributed by atoms with E-state index in [-0.39, 0.29) is 25.6 Å². The van der Waals surface area contributed by atoms with Gasteiger partial charge in [-0.2, -0.15) is 0 Å². The first-order valence-electron chi connectivity index (χ1n) is 8.07. The Bertz CT molecular complexity index is 743. The Labute approximate surface area is 145 Å². The number of rotatable bonds is 6. The fourth-order valence-corrected chi connectivity index (χ4v) is 3.17. The number of carboxylic acid groups (broad SMARTS) is 1. The minimum Gasteiger partial charge on any atom is -0.480 e. The number of carbonyl (C=O) groups is 2.